The zero-order valence-electron chi connectivity index (χ0n) is 16.4. The molecule has 1 fully saturated rings. The number of anilines is 1. The largest absolute Gasteiger partial charge is 0.304 e. The first-order chi connectivity index (χ1) is 14.4. The minimum atomic E-state index is -3.64. The normalized spacial score (nSPS) is 15.8. The Morgan fingerprint density at radius 2 is 1.87 bits per heavy atom. The molecule has 2 aromatic heterocycles. The van der Waals surface area contributed by atoms with Crippen LogP contribution in [0.25, 0.3) is 11.4 Å². The van der Waals surface area contributed by atoms with Crippen molar-refractivity contribution in [1.29, 1.82) is 0 Å². The molecule has 1 N–H and O–H groups in total. The third-order valence-corrected chi connectivity index (χ3v) is 7.50. The van der Waals surface area contributed by atoms with Crippen LogP contribution in [0, 0.1) is 0 Å². The molecule has 3 heterocycles. The van der Waals surface area contributed by atoms with Gasteiger partial charge in [0.2, 0.25) is 10.0 Å². The summed E-state index contributed by atoms with van der Waals surface area (Å²) in [7, 11) is -1.68. The van der Waals surface area contributed by atoms with Gasteiger partial charge in [0.1, 0.15) is 5.69 Å². The number of carbonyl (C=O) groups excluding carboxylic acids is 1. The maximum absolute atomic E-state index is 12.9. The zero-order valence-corrected chi connectivity index (χ0v) is 18.0. The van der Waals surface area contributed by atoms with Crippen LogP contribution in [0.2, 0.25) is 0 Å². The van der Waals surface area contributed by atoms with Crippen molar-refractivity contribution in [3.05, 3.63) is 59.6 Å². The van der Waals surface area contributed by atoms with Gasteiger partial charge >= 0.3 is 0 Å². The van der Waals surface area contributed by atoms with E-state index in [0.29, 0.717) is 37.0 Å². The molecule has 0 bridgehead atoms. The van der Waals surface area contributed by atoms with Crippen molar-refractivity contribution in [3.8, 4) is 11.4 Å². The number of benzene rings is 1. The van der Waals surface area contributed by atoms with Gasteiger partial charge in [-0.15, -0.1) is 11.3 Å². The van der Waals surface area contributed by atoms with Gasteiger partial charge in [-0.25, -0.2) is 13.4 Å². The molecule has 0 saturated carbocycles. The fourth-order valence-corrected chi connectivity index (χ4v) is 5.28. The number of thiazole rings is 1. The molecule has 0 spiro atoms. The fraction of sp³-hybridized carbons (Fsp3) is 0.250. The minimum absolute atomic E-state index is 0.119. The van der Waals surface area contributed by atoms with Gasteiger partial charge in [0.15, 0.2) is 5.13 Å². The summed E-state index contributed by atoms with van der Waals surface area (Å²) >= 11 is 1.29. The van der Waals surface area contributed by atoms with Gasteiger partial charge in [-0.05, 0) is 37.4 Å². The predicted octanol–water partition coefficient (Wildman–Crippen LogP) is 2.39. The molecule has 4 rings (SSSR count). The van der Waals surface area contributed by atoms with E-state index in [0.717, 1.165) is 5.69 Å². The first-order valence-electron chi connectivity index (χ1n) is 9.40. The molecule has 0 unspecified atom stereocenters. The van der Waals surface area contributed by atoms with Crippen molar-refractivity contribution in [2.45, 2.75) is 4.90 Å². The van der Waals surface area contributed by atoms with Gasteiger partial charge in [0.05, 0.1) is 10.6 Å². The van der Waals surface area contributed by atoms with Crippen LogP contribution >= 0.6 is 11.3 Å². The van der Waals surface area contributed by atoms with Gasteiger partial charge < -0.3 is 4.90 Å². The monoisotopic (exact) mass is 443 g/mol. The number of pyridine rings is 1. The number of rotatable bonds is 5. The number of aromatic nitrogens is 2. The first kappa shape index (κ1) is 20.6. The third kappa shape index (κ3) is 4.41. The number of sulfonamides is 1. The van der Waals surface area contributed by atoms with Gasteiger partial charge in [-0.2, -0.15) is 4.31 Å². The van der Waals surface area contributed by atoms with E-state index in [1.807, 2.05) is 30.6 Å². The number of nitrogens with one attached hydrogen (secondary N) is 1. The summed E-state index contributed by atoms with van der Waals surface area (Å²) in [5.41, 5.74) is 1.65. The van der Waals surface area contributed by atoms with E-state index < -0.39 is 15.9 Å². The molecule has 1 aliphatic heterocycles. The molecule has 10 heteroatoms. The van der Waals surface area contributed by atoms with Crippen LogP contribution in [-0.4, -0.2) is 66.7 Å². The lowest BCUT2D eigenvalue weighted by atomic mass is 10.2. The number of piperazine rings is 1. The van der Waals surface area contributed by atoms with Gasteiger partial charge in [-0.1, -0.05) is 12.1 Å². The molecule has 30 heavy (non-hydrogen) atoms. The van der Waals surface area contributed by atoms with Crippen molar-refractivity contribution in [2.75, 3.05) is 38.5 Å². The second kappa shape index (κ2) is 8.60. The Bertz CT molecular complexity index is 1140. The highest BCUT2D eigenvalue weighted by Crippen LogP contribution is 2.24. The predicted molar refractivity (Wildman–Crippen MR) is 116 cm³/mol. The Morgan fingerprint density at radius 3 is 2.60 bits per heavy atom. The van der Waals surface area contributed by atoms with Crippen LogP contribution in [0.15, 0.2) is 58.9 Å². The van der Waals surface area contributed by atoms with E-state index in [9.17, 15) is 13.2 Å². The molecule has 3 aromatic rings. The summed E-state index contributed by atoms with van der Waals surface area (Å²) in [5.74, 6) is -0.410. The molecule has 1 aromatic carbocycles. The van der Waals surface area contributed by atoms with Crippen LogP contribution in [0.3, 0.4) is 0 Å². The fourth-order valence-electron chi connectivity index (χ4n) is 3.11. The summed E-state index contributed by atoms with van der Waals surface area (Å²) in [6.45, 7) is 2.24. The van der Waals surface area contributed by atoms with E-state index in [2.05, 4.69) is 20.2 Å². The molecular formula is C20H21N5O3S2. The highest BCUT2D eigenvalue weighted by atomic mass is 32.2. The van der Waals surface area contributed by atoms with Crippen LogP contribution in [0.5, 0.6) is 0 Å². The molecule has 1 amide bonds. The third-order valence-electron chi connectivity index (χ3n) is 4.85. The number of hydrogen-bond acceptors (Lipinski definition) is 7. The van der Waals surface area contributed by atoms with Crippen molar-refractivity contribution < 1.29 is 13.2 Å². The van der Waals surface area contributed by atoms with Gasteiger partial charge in [0, 0.05) is 43.3 Å². The summed E-state index contributed by atoms with van der Waals surface area (Å²) in [6, 6.07) is 11.6. The number of carbonyl (C=O) groups is 1. The molecule has 1 aliphatic rings. The lowest BCUT2D eigenvalue weighted by Gasteiger charge is -2.31. The number of nitrogens with zero attached hydrogens (tertiary/aromatic N) is 4. The molecule has 0 aliphatic carbocycles. The van der Waals surface area contributed by atoms with Crippen molar-refractivity contribution in [1.82, 2.24) is 19.2 Å². The number of likely N-dealkylation sites (N-methyl/N-ethyl adjacent to an activating group) is 1. The first-order valence-corrected chi connectivity index (χ1v) is 11.7. The molecule has 1 saturated heterocycles. The van der Waals surface area contributed by atoms with Crippen molar-refractivity contribution in [2.24, 2.45) is 0 Å². The van der Waals surface area contributed by atoms with Gasteiger partial charge in [0.25, 0.3) is 5.91 Å². The molecule has 0 radical (unpaired) electrons. The highest BCUT2D eigenvalue weighted by molar-refractivity contribution is 7.89. The van der Waals surface area contributed by atoms with Crippen molar-refractivity contribution >= 4 is 32.4 Å². The summed E-state index contributed by atoms with van der Waals surface area (Å²) in [5, 5.41) is 4.97. The van der Waals surface area contributed by atoms with Crippen molar-refractivity contribution in [3.63, 3.8) is 0 Å². The van der Waals surface area contributed by atoms with E-state index >= 15 is 0 Å². The number of amides is 1. The lowest BCUT2D eigenvalue weighted by Crippen LogP contribution is -2.47. The Kier molecular flexibility index (Phi) is 5.91. The zero-order chi connectivity index (χ0) is 21.1. The Balaban J connectivity index is 1.50. The van der Waals surface area contributed by atoms with Crippen LogP contribution in [0.1, 0.15) is 10.4 Å². The Labute approximate surface area is 179 Å². The standard InChI is InChI=1S/C20H21N5O3S2/c1-24-9-11-25(12-10-24)30(27,28)16-6-4-5-15(13-16)19(26)23-20-22-18(14-29-20)17-7-2-3-8-21-17/h2-8,13-14H,9-12H2,1H3,(H,22,23,26). The second-order valence-corrected chi connectivity index (χ2v) is 9.74. The average Bonchev–Trinajstić information content (AvgIpc) is 3.23. The van der Waals surface area contributed by atoms with Crippen LogP contribution in [-0.2, 0) is 10.0 Å². The van der Waals surface area contributed by atoms with E-state index in [-0.39, 0.29) is 10.5 Å². The average molecular weight is 444 g/mol. The summed E-state index contributed by atoms with van der Waals surface area (Å²) in [6.07, 6.45) is 1.68. The maximum atomic E-state index is 12.9. The lowest BCUT2D eigenvalue weighted by molar-refractivity contribution is 0.102. The smallest absolute Gasteiger partial charge is 0.257 e. The number of hydrogen-bond donors (Lipinski definition) is 1. The van der Waals surface area contributed by atoms with Gasteiger partial charge in [-0.3, -0.25) is 15.1 Å². The Hall–Kier alpha value is -2.66. The van der Waals surface area contributed by atoms with E-state index in [4.69, 9.17) is 0 Å². The maximum Gasteiger partial charge on any atom is 0.257 e. The molecular weight excluding hydrogens is 422 g/mol. The highest BCUT2D eigenvalue weighted by Gasteiger charge is 2.28. The van der Waals surface area contributed by atoms with E-state index in [1.54, 1.807) is 18.3 Å². The second-order valence-electron chi connectivity index (χ2n) is 6.94. The minimum Gasteiger partial charge on any atom is -0.304 e. The SMILES string of the molecule is CN1CCN(S(=O)(=O)c2cccc(C(=O)Nc3nc(-c4ccccn4)cs3)c2)CC1. The topological polar surface area (TPSA) is 95.5 Å². The van der Waals surface area contributed by atoms with E-state index in [1.165, 1.54) is 27.8 Å². The van der Waals surface area contributed by atoms with Crippen LogP contribution in [0.4, 0.5) is 5.13 Å². The molecule has 8 nitrogen and oxygen atoms in total. The Morgan fingerprint density at radius 1 is 1.07 bits per heavy atom. The summed E-state index contributed by atoms with van der Waals surface area (Å²) < 4.78 is 27.4. The molecule has 0 atom stereocenters. The van der Waals surface area contributed by atoms with Crippen LogP contribution < -0.4 is 5.32 Å². The quantitative estimate of drug-likeness (QED) is 0.651. The summed E-state index contributed by atoms with van der Waals surface area (Å²) in [4.78, 5) is 23.5. The molecule has 156 valence electrons.